The number of halogens is 3. The Morgan fingerprint density at radius 3 is 2.54 bits per heavy atom. The van der Waals surface area contributed by atoms with Gasteiger partial charge < -0.3 is 4.84 Å². The van der Waals surface area contributed by atoms with Crippen LogP contribution in [0.5, 0.6) is 0 Å². The lowest BCUT2D eigenvalue weighted by Crippen LogP contribution is -2.32. The van der Waals surface area contributed by atoms with Gasteiger partial charge in [-0.25, -0.2) is 4.79 Å². The van der Waals surface area contributed by atoms with Gasteiger partial charge in [0.2, 0.25) is 0 Å². The number of hydrogen-bond acceptors (Lipinski definition) is 4. The van der Waals surface area contributed by atoms with E-state index < -0.39 is 12.1 Å². The van der Waals surface area contributed by atoms with Crippen molar-refractivity contribution in [3.63, 3.8) is 0 Å². The summed E-state index contributed by atoms with van der Waals surface area (Å²) in [5.74, 6) is -2.34. The third kappa shape index (κ3) is 2.69. The van der Waals surface area contributed by atoms with Gasteiger partial charge >= 0.3 is 12.1 Å². The molecule has 1 heterocycles. The van der Waals surface area contributed by atoms with E-state index in [1.54, 1.807) is 0 Å². The highest BCUT2D eigenvalue weighted by atomic mass is 19.4. The lowest BCUT2D eigenvalue weighted by atomic mass is 10.6. The number of hydroxylamine groups is 2. The molecule has 0 fully saturated rings. The smallest absolute Gasteiger partial charge is 0.354 e. The van der Waals surface area contributed by atoms with Crippen LogP contribution in [0.15, 0.2) is 24.6 Å². The minimum Gasteiger partial charge on any atom is -0.354 e. The predicted octanol–water partition coefficient (Wildman–Crippen LogP) is 1.28. The van der Waals surface area contributed by atoms with Crippen LogP contribution in [0.25, 0.3) is 0 Å². The van der Waals surface area contributed by atoms with E-state index >= 15 is 0 Å². The van der Waals surface area contributed by atoms with E-state index in [0.717, 1.165) is 12.5 Å². The molecule has 0 atom stereocenters. The number of nitrogens with zero attached hydrogens (tertiary/aromatic N) is 1. The van der Waals surface area contributed by atoms with Gasteiger partial charge in [-0.05, 0) is 17.4 Å². The summed E-state index contributed by atoms with van der Waals surface area (Å²) in [4.78, 5) is 18.3. The van der Waals surface area contributed by atoms with Crippen LogP contribution in [0.1, 0.15) is 0 Å². The number of hydrogen-bond donors (Lipinski definition) is 0. The minimum absolute atomic E-state index is 0.301. The van der Waals surface area contributed by atoms with Crippen LogP contribution in [0, 0.1) is 0 Å². The van der Waals surface area contributed by atoms with E-state index in [2.05, 4.69) is 9.68 Å². The lowest BCUT2D eigenvalue weighted by molar-refractivity contribution is -0.310. The summed E-state index contributed by atoms with van der Waals surface area (Å²) < 4.78 is 34.8. The van der Waals surface area contributed by atoms with Crippen molar-refractivity contribution >= 4 is 5.97 Å². The van der Waals surface area contributed by atoms with Gasteiger partial charge in [0.1, 0.15) is 6.26 Å². The minimum atomic E-state index is -5.03. The van der Waals surface area contributed by atoms with E-state index in [-0.39, 0.29) is 0 Å². The maximum atomic E-state index is 11.6. The second kappa shape index (κ2) is 3.38. The molecule has 0 saturated carbocycles. The first-order chi connectivity index (χ1) is 6.00. The van der Waals surface area contributed by atoms with Gasteiger partial charge in [0.15, 0.2) is 0 Å². The maximum absolute atomic E-state index is 11.6. The summed E-state index contributed by atoms with van der Waals surface area (Å²) in [5.41, 5.74) is 0. The topological polar surface area (TPSA) is 38.8 Å². The van der Waals surface area contributed by atoms with Gasteiger partial charge in [0.25, 0.3) is 0 Å². The molecule has 4 nitrogen and oxygen atoms in total. The van der Waals surface area contributed by atoms with Gasteiger partial charge in [0, 0.05) is 0 Å². The van der Waals surface area contributed by atoms with Crippen molar-refractivity contribution in [2.24, 2.45) is 0 Å². The molecular formula is C6H4F3NO3. The first-order valence-electron chi connectivity index (χ1n) is 3.08. The molecule has 1 rings (SSSR count). The number of carbonyl (C=O) groups is 1. The number of allylic oxidation sites excluding steroid dienone is 2. The predicted molar refractivity (Wildman–Crippen MR) is 33.4 cm³/mol. The van der Waals surface area contributed by atoms with Crippen molar-refractivity contribution in [1.29, 1.82) is 0 Å². The maximum Gasteiger partial charge on any atom is 0.493 e. The van der Waals surface area contributed by atoms with Crippen LogP contribution in [0.4, 0.5) is 13.2 Å². The van der Waals surface area contributed by atoms with Crippen molar-refractivity contribution < 1.29 is 27.6 Å². The van der Waals surface area contributed by atoms with Crippen LogP contribution in [-0.2, 0) is 14.5 Å². The zero-order valence-electron chi connectivity index (χ0n) is 6.12. The van der Waals surface area contributed by atoms with Gasteiger partial charge in [0.05, 0.1) is 6.20 Å². The molecule has 72 valence electrons. The molecule has 0 amide bonds. The monoisotopic (exact) mass is 195 g/mol. The molecule has 0 N–H and O–H groups in total. The summed E-state index contributed by atoms with van der Waals surface area (Å²) in [6.07, 6.45) is -0.198. The summed E-state index contributed by atoms with van der Waals surface area (Å²) in [5, 5.41) is 0.301. The van der Waals surface area contributed by atoms with Crippen molar-refractivity contribution in [1.82, 2.24) is 5.23 Å². The van der Waals surface area contributed by atoms with E-state index in [9.17, 15) is 18.0 Å². The molecule has 0 aromatic rings. The van der Waals surface area contributed by atoms with Crippen molar-refractivity contribution in [2.75, 3.05) is 0 Å². The first-order valence-corrected chi connectivity index (χ1v) is 3.08. The largest absolute Gasteiger partial charge is 0.493 e. The second-order valence-corrected chi connectivity index (χ2v) is 1.94. The highest BCUT2D eigenvalue weighted by molar-refractivity contribution is 5.75. The fourth-order valence-electron chi connectivity index (χ4n) is 0.481. The standard InChI is InChI=1S/C6H4F3NO3/c7-6(8,9)5(11)13-10-3-1-2-4-12-10/h1-4H. The molecular weight excluding hydrogens is 191 g/mol. The highest BCUT2D eigenvalue weighted by Gasteiger charge is 2.42. The molecule has 0 saturated heterocycles. The summed E-state index contributed by atoms with van der Waals surface area (Å²) in [7, 11) is 0. The van der Waals surface area contributed by atoms with E-state index in [1.165, 1.54) is 12.2 Å². The molecule has 13 heavy (non-hydrogen) atoms. The fourth-order valence-corrected chi connectivity index (χ4v) is 0.481. The Hall–Kier alpha value is -1.66. The van der Waals surface area contributed by atoms with Gasteiger partial charge in [-0.15, -0.1) is 0 Å². The van der Waals surface area contributed by atoms with Crippen molar-refractivity contribution in [2.45, 2.75) is 6.18 Å². The van der Waals surface area contributed by atoms with Crippen LogP contribution >= 0.6 is 0 Å². The first kappa shape index (κ1) is 9.43. The molecule has 0 radical (unpaired) electrons. The van der Waals surface area contributed by atoms with E-state index in [4.69, 9.17) is 0 Å². The Balaban J connectivity index is 2.46. The number of rotatable bonds is 1. The fraction of sp³-hybridized carbons (Fsp3) is 0.167. The van der Waals surface area contributed by atoms with Gasteiger partial charge in [-0.3, -0.25) is 4.84 Å². The zero-order valence-corrected chi connectivity index (χ0v) is 6.12. The number of alkyl halides is 3. The Kier molecular flexibility index (Phi) is 2.45. The normalized spacial score (nSPS) is 15.5. The molecule has 0 spiro atoms. The SMILES string of the molecule is O=C(ON1C=CC=CO1)C(F)(F)F. The molecule has 0 aliphatic carbocycles. The average molecular weight is 195 g/mol. The van der Waals surface area contributed by atoms with Crippen molar-refractivity contribution in [3.8, 4) is 0 Å². The Morgan fingerprint density at radius 1 is 1.38 bits per heavy atom. The number of carbonyl (C=O) groups excluding carboxylic acids is 1. The highest BCUT2D eigenvalue weighted by Crippen LogP contribution is 2.18. The Bertz CT molecular complexity index is 258. The van der Waals surface area contributed by atoms with Gasteiger partial charge in [-0.1, -0.05) is 0 Å². The average Bonchev–Trinajstić information content (AvgIpc) is 2.04. The third-order valence-electron chi connectivity index (χ3n) is 0.967. The quantitative estimate of drug-likeness (QED) is 0.631. The Morgan fingerprint density at radius 2 is 2.08 bits per heavy atom. The van der Waals surface area contributed by atoms with Crippen LogP contribution in [0.3, 0.4) is 0 Å². The zero-order chi connectivity index (χ0) is 9.90. The van der Waals surface area contributed by atoms with Gasteiger partial charge in [-0.2, -0.15) is 13.2 Å². The summed E-state index contributed by atoms with van der Waals surface area (Å²) in [6.45, 7) is 0. The molecule has 0 aromatic heterocycles. The molecule has 0 bridgehead atoms. The van der Waals surface area contributed by atoms with Crippen molar-refractivity contribution in [3.05, 3.63) is 24.6 Å². The molecule has 7 heteroatoms. The summed E-state index contributed by atoms with van der Waals surface area (Å²) in [6, 6.07) is 0. The molecule has 0 unspecified atom stereocenters. The second-order valence-electron chi connectivity index (χ2n) is 1.94. The Labute approximate surface area is 70.7 Å². The lowest BCUT2D eigenvalue weighted by Gasteiger charge is -2.18. The molecule has 1 aliphatic rings. The molecule has 0 aromatic carbocycles. The van der Waals surface area contributed by atoms with Crippen LogP contribution in [0.2, 0.25) is 0 Å². The van der Waals surface area contributed by atoms with Crippen LogP contribution < -0.4 is 0 Å². The summed E-state index contributed by atoms with van der Waals surface area (Å²) >= 11 is 0. The van der Waals surface area contributed by atoms with E-state index in [1.807, 2.05) is 0 Å². The third-order valence-corrected chi connectivity index (χ3v) is 0.967. The van der Waals surface area contributed by atoms with Crippen LogP contribution in [-0.4, -0.2) is 17.4 Å². The molecule has 1 aliphatic heterocycles. The van der Waals surface area contributed by atoms with E-state index in [0.29, 0.717) is 5.23 Å².